The monoisotopic (exact) mass is 1180 g/mol. The first-order valence-corrected chi connectivity index (χ1v) is 38.9. The molecule has 0 heterocycles. The highest BCUT2D eigenvalue weighted by Gasteiger charge is 2.20. The lowest BCUT2D eigenvalue weighted by atomic mass is 10.0. The van der Waals surface area contributed by atoms with Crippen LogP contribution >= 0.6 is 0 Å². The van der Waals surface area contributed by atoms with E-state index in [0.717, 1.165) is 44.9 Å². The minimum absolute atomic E-state index is 0.0185. The molecule has 1 amide bonds. The number of hydrogen-bond acceptors (Lipinski definition) is 5. The lowest BCUT2D eigenvalue weighted by molar-refractivity contribution is -0.143. The minimum atomic E-state index is -0.662. The molecule has 2 unspecified atom stereocenters. The Hall–Kier alpha value is -1.40. The van der Waals surface area contributed by atoms with Gasteiger partial charge in [0.2, 0.25) is 5.91 Å². The molecule has 0 spiro atoms. The molecular formula is C78H153NO5. The van der Waals surface area contributed by atoms with Crippen molar-refractivity contribution in [1.82, 2.24) is 5.32 Å². The second kappa shape index (κ2) is 74.1. The molecule has 0 aromatic rings. The van der Waals surface area contributed by atoms with Gasteiger partial charge in [0.25, 0.3) is 0 Å². The van der Waals surface area contributed by atoms with Gasteiger partial charge in [0.05, 0.1) is 25.4 Å². The smallest absolute Gasteiger partial charge is 0.305 e. The number of nitrogens with one attached hydrogen (secondary N) is 1. The summed E-state index contributed by atoms with van der Waals surface area (Å²) >= 11 is 0. The number of aliphatic hydroxyl groups excluding tert-OH is 2. The van der Waals surface area contributed by atoms with Crippen LogP contribution in [-0.4, -0.2) is 47.4 Å². The van der Waals surface area contributed by atoms with Crippen LogP contribution in [0.3, 0.4) is 0 Å². The van der Waals surface area contributed by atoms with E-state index in [0.29, 0.717) is 25.9 Å². The lowest BCUT2D eigenvalue weighted by Crippen LogP contribution is -2.45. The number of aliphatic hydroxyl groups is 2. The van der Waals surface area contributed by atoms with Gasteiger partial charge in [-0.1, -0.05) is 398 Å². The average Bonchev–Trinajstić information content (AvgIpc) is 3.53. The summed E-state index contributed by atoms with van der Waals surface area (Å²) in [6, 6.07) is -0.539. The van der Waals surface area contributed by atoms with Crippen molar-refractivity contribution in [2.45, 2.75) is 463 Å². The van der Waals surface area contributed by atoms with Gasteiger partial charge in [-0.2, -0.15) is 0 Å². The molecule has 6 nitrogen and oxygen atoms in total. The van der Waals surface area contributed by atoms with Crippen LogP contribution in [0, 0.1) is 0 Å². The van der Waals surface area contributed by atoms with Gasteiger partial charge in [-0.3, -0.25) is 9.59 Å². The van der Waals surface area contributed by atoms with Crippen molar-refractivity contribution in [2.24, 2.45) is 0 Å². The van der Waals surface area contributed by atoms with E-state index in [-0.39, 0.29) is 18.5 Å². The number of hydrogen-bond donors (Lipinski definition) is 3. The molecule has 500 valence electrons. The topological polar surface area (TPSA) is 95.9 Å². The van der Waals surface area contributed by atoms with Crippen molar-refractivity contribution in [3.05, 3.63) is 12.2 Å². The molecule has 0 rings (SSSR count). The Morgan fingerprint density at radius 3 is 0.845 bits per heavy atom. The third kappa shape index (κ3) is 69.7. The maximum absolute atomic E-state index is 12.6. The maximum atomic E-state index is 12.6. The summed E-state index contributed by atoms with van der Waals surface area (Å²) in [5.74, 6) is -0.00746. The number of amides is 1. The zero-order valence-electron chi connectivity index (χ0n) is 57.4. The van der Waals surface area contributed by atoms with E-state index >= 15 is 0 Å². The highest BCUT2D eigenvalue weighted by Crippen LogP contribution is 2.20. The van der Waals surface area contributed by atoms with Gasteiger partial charge in [-0.25, -0.2) is 0 Å². The fourth-order valence-corrected chi connectivity index (χ4v) is 12.6. The normalized spacial score (nSPS) is 12.5. The number of ether oxygens (including phenoxy) is 1. The van der Waals surface area contributed by atoms with Crippen LogP contribution in [0.15, 0.2) is 12.2 Å². The third-order valence-electron chi connectivity index (χ3n) is 18.6. The van der Waals surface area contributed by atoms with Crippen LogP contribution in [0.25, 0.3) is 0 Å². The van der Waals surface area contributed by atoms with Crippen LogP contribution < -0.4 is 5.32 Å². The highest BCUT2D eigenvalue weighted by atomic mass is 16.5. The molecule has 0 aromatic heterocycles. The van der Waals surface area contributed by atoms with Crippen molar-refractivity contribution >= 4 is 11.9 Å². The quantitative estimate of drug-likeness (QED) is 0.0320. The molecule has 0 radical (unpaired) electrons. The lowest BCUT2D eigenvalue weighted by Gasteiger charge is -2.22. The summed E-state index contributed by atoms with van der Waals surface area (Å²) < 4.78 is 5.51. The predicted octanol–water partition coefficient (Wildman–Crippen LogP) is 25.5. The summed E-state index contributed by atoms with van der Waals surface area (Å²) in [5, 5.41) is 23.4. The van der Waals surface area contributed by atoms with Crippen molar-refractivity contribution in [2.75, 3.05) is 13.2 Å². The Kier molecular flexibility index (Phi) is 72.8. The summed E-state index contributed by atoms with van der Waals surface area (Å²) in [7, 11) is 0. The Labute approximate surface area is 527 Å². The Morgan fingerprint density at radius 1 is 0.321 bits per heavy atom. The number of carbonyl (C=O) groups is 2. The fraction of sp³-hybridized carbons (Fsp3) is 0.949. The Bertz CT molecular complexity index is 1270. The third-order valence-corrected chi connectivity index (χ3v) is 18.6. The second-order valence-electron chi connectivity index (χ2n) is 27.0. The molecule has 2 atom stereocenters. The molecule has 0 fully saturated rings. The van der Waals surface area contributed by atoms with E-state index < -0.39 is 12.1 Å². The van der Waals surface area contributed by atoms with E-state index in [9.17, 15) is 19.8 Å². The van der Waals surface area contributed by atoms with Crippen molar-refractivity contribution in [3.8, 4) is 0 Å². The van der Waals surface area contributed by atoms with Gasteiger partial charge in [0.1, 0.15) is 0 Å². The first-order valence-electron chi connectivity index (χ1n) is 38.9. The molecule has 84 heavy (non-hydrogen) atoms. The summed E-state index contributed by atoms with van der Waals surface area (Å²) in [5.41, 5.74) is 0. The molecule has 0 saturated heterocycles. The van der Waals surface area contributed by atoms with E-state index in [4.69, 9.17) is 4.74 Å². The molecule has 3 N–H and O–H groups in total. The number of rotatable bonds is 74. The van der Waals surface area contributed by atoms with Gasteiger partial charge >= 0.3 is 5.97 Å². The molecule has 0 saturated carbocycles. The second-order valence-corrected chi connectivity index (χ2v) is 27.0. The van der Waals surface area contributed by atoms with Crippen LogP contribution in [0.4, 0.5) is 0 Å². The van der Waals surface area contributed by atoms with Crippen LogP contribution in [0.2, 0.25) is 0 Å². The van der Waals surface area contributed by atoms with Gasteiger partial charge < -0.3 is 20.3 Å². The largest absolute Gasteiger partial charge is 0.466 e. The van der Waals surface area contributed by atoms with E-state index in [1.54, 1.807) is 0 Å². The molecule has 0 aliphatic heterocycles. The minimum Gasteiger partial charge on any atom is -0.466 e. The first kappa shape index (κ1) is 82.6. The van der Waals surface area contributed by atoms with Gasteiger partial charge in [0.15, 0.2) is 0 Å². The number of carbonyl (C=O) groups excluding carboxylic acids is 2. The van der Waals surface area contributed by atoms with Crippen molar-refractivity contribution in [3.63, 3.8) is 0 Å². The molecule has 0 aliphatic rings. The Morgan fingerprint density at radius 2 is 0.560 bits per heavy atom. The zero-order valence-corrected chi connectivity index (χ0v) is 57.4. The fourth-order valence-electron chi connectivity index (χ4n) is 12.6. The summed E-state index contributed by atoms with van der Waals surface area (Å²) in [6.45, 7) is 5.00. The zero-order chi connectivity index (χ0) is 60.6. The Balaban J connectivity index is 3.32. The standard InChI is InChI=1S/C78H153NO5/c1-3-5-7-9-11-13-15-17-19-21-35-38-42-46-50-54-58-62-66-70-76(81)75(74-80)79-77(82)71-67-63-59-55-51-47-43-39-36-33-31-29-27-25-23-24-26-28-30-32-34-37-41-45-49-53-57-61-65-69-73-84-78(83)72-68-64-60-56-52-48-44-40-22-20-18-16-14-12-10-8-6-4-2/h20,22,75-76,80-81H,3-19,21,23-74H2,1-2H3,(H,79,82)/b22-20-. The molecule has 0 aromatic carbocycles. The van der Waals surface area contributed by atoms with Crippen LogP contribution in [0.1, 0.15) is 450 Å². The summed E-state index contributed by atoms with van der Waals surface area (Å²) in [6.07, 6.45) is 92.9. The maximum Gasteiger partial charge on any atom is 0.305 e. The number of esters is 1. The van der Waals surface area contributed by atoms with Crippen LogP contribution in [-0.2, 0) is 14.3 Å². The molecular weight excluding hydrogens is 1030 g/mol. The molecule has 0 aliphatic carbocycles. The SMILES string of the molecule is CCCCCCCCC/C=C\CCCCCCCCCC(=O)OCCCCCCCCCCCCCCCCCCCCCCCCCCCCCCCCC(=O)NC(CO)C(O)CCCCCCCCCCCCCCCCCCCCC. The van der Waals surface area contributed by atoms with Gasteiger partial charge in [0, 0.05) is 12.8 Å². The van der Waals surface area contributed by atoms with Crippen LogP contribution in [0.5, 0.6) is 0 Å². The molecule has 6 heteroatoms. The predicted molar refractivity (Wildman–Crippen MR) is 370 cm³/mol. The van der Waals surface area contributed by atoms with Gasteiger partial charge in [-0.15, -0.1) is 0 Å². The first-order chi connectivity index (χ1) is 41.5. The summed E-state index contributed by atoms with van der Waals surface area (Å²) in [4.78, 5) is 24.7. The van der Waals surface area contributed by atoms with Crippen molar-refractivity contribution in [1.29, 1.82) is 0 Å². The van der Waals surface area contributed by atoms with E-state index in [1.165, 1.54) is 372 Å². The number of allylic oxidation sites excluding steroid dienone is 2. The van der Waals surface area contributed by atoms with E-state index in [1.807, 2.05) is 0 Å². The average molecular weight is 1190 g/mol. The van der Waals surface area contributed by atoms with E-state index in [2.05, 4.69) is 31.3 Å². The molecule has 0 bridgehead atoms. The number of unbranched alkanes of at least 4 members (excludes halogenated alkanes) is 61. The van der Waals surface area contributed by atoms with Crippen molar-refractivity contribution < 1.29 is 24.5 Å². The highest BCUT2D eigenvalue weighted by molar-refractivity contribution is 5.76. The van der Waals surface area contributed by atoms with Gasteiger partial charge in [-0.05, 0) is 51.4 Å².